The Morgan fingerprint density at radius 1 is 1.32 bits per heavy atom. The molecule has 2 fully saturated rings. The zero-order valence-corrected chi connectivity index (χ0v) is 15.0. The molecular formula is C18H27N5O2. The van der Waals surface area contributed by atoms with Gasteiger partial charge in [0.15, 0.2) is 0 Å². The fourth-order valence-corrected chi connectivity index (χ4v) is 3.61. The van der Waals surface area contributed by atoms with Crippen molar-refractivity contribution in [1.29, 1.82) is 0 Å². The van der Waals surface area contributed by atoms with Crippen molar-refractivity contribution < 1.29 is 9.53 Å². The van der Waals surface area contributed by atoms with E-state index in [1.807, 2.05) is 11.1 Å². The minimum atomic E-state index is -0.389. The van der Waals surface area contributed by atoms with E-state index in [0.29, 0.717) is 24.5 Å². The van der Waals surface area contributed by atoms with Gasteiger partial charge in [0.05, 0.1) is 17.8 Å². The van der Waals surface area contributed by atoms with E-state index in [0.717, 1.165) is 43.9 Å². The minimum absolute atomic E-state index is 0.00571. The van der Waals surface area contributed by atoms with Crippen LogP contribution >= 0.6 is 0 Å². The predicted octanol–water partition coefficient (Wildman–Crippen LogP) is 2.24. The van der Waals surface area contributed by atoms with Gasteiger partial charge in [-0.15, -0.1) is 0 Å². The normalized spacial score (nSPS) is 22.6. The van der Waals surface area contributed by atoms with Gasteiger partial charge in [0.25, 0.3) is 0 Å². The van der Waals surface area contributed by atoms with Crippen LogP contribution in [0, 0.1) is 5.92 Å². The van der Waals surface area contributed by atoms with Crippen molar-refractivity contribution >= 4 is 12.0 Å². The number of nitrogens with zero attached hydrogens (tertiary/aromatic N) is 3. The topological polar surface area (TPSA) is 79.4 Å². The van der Waals surface area contributed by atoms with E-state index in [-0.39, 0.29) is 11.6 Å². The Kier molecular flexibility index (Phi) is 4.27. The molecule has 0 radical (unpaired) electrons. The summed E-state index contributed by atoms with van der Waals surface area (Å²) in [6, 6.07) is 0.355. The Bertz CT molecular complexity index is 653. The monoisotopic (exact) mass is 345 g/mol. The van der Waals surface area contributed by atoms with E-state index in [4.69, 9.17) is 9.72 Å². The number of anilines is 1. The molecule has 1 aromatic heterocycles. The van der Waals surface area contributed by atoms with Crippen molar-refractivity contribution in [3.8, 4) is 0 Å². The summed E-state index contributed by atoms with van der Waals surface area (Å²) in [7, 11) is 0. The smallest absolute Gasteiger partial charge is 0.318 e. The molecule has 1 saturated carbocycles. The third-order valence-electron chi connectivity index (χ3n) is 5.55. The van der Waals surface area contributed by atoms with Gasteiger partial charge < -0.3 is 20.3 Å². The molecule has 0 spiro atoms. The quantitative estimate of drug-likeness (QED) is 0.875. The second-order valence-electron chi connectivity index (χ2n) is 7.86. The van der Waals surface area contributed by atoms with Crippen molar-refractivity contribution in [3.05, 3.63) is 17.5 Å². The maximum Gasteiger partial charge on any atom is 0.318 e. The third-order valence-corrected chi connectivity index (χ3v) is 5.55. The van der Waals surface area contributed by atoms with E-state index < -0.39 is 0 Å². The molecule has 3 aliphatic rings. The molecule has 1 saturated heterocycles. The van der Waals surface area contributed by atoms with Crippen molar-refractivity contribution in [2.45, 2.75) is 57.7 Å². The molecule has 0 bridgehead atoms. The average Bonchev–Trinajstić information content (AvgIpc) is 3.38. The maximum atomic E-state index is 12.6. The van der Waals surface area contributed by atoms with Gasteiger partial charge in [-0.25, -0.2) is 14.8 Å². The van der Waals surface area contributed by atoms with Gasteiger partial charge in [-0.3, -0.25) is 0 Å². The number of aromatic nitrogens is 2. The summed E-state index contributed by atoms with van der Waals surface area (Å²) in [5.74, 6) is 1.33. The van der Waals surface area contributed by atoms with Gasteiger partial charge in [-0.05, 0) is 45.4 Å². The van der Waals surface area contributed by atoms with Crippen LogP contribution in [0.15, 0.2) is 6.20 Å². The van der Waals surface area contributed by atoms with E-state index in [1.54, 1.807) is 0 Å². The summed E-state index contributed by atoms with van der Waals surface area (Å²) in [5.41, 5.74) is 1.59. The Hall–Kier alpha value is -1.89. The molecule has 4 rings (SSSR count). The minimum Gasteiger partial charge on any atom is -0.381 e. The van der Waals surface area contributed by atoms with Gasteiger partial charge in [0.1, 0.15) is 0 Å². The summed E-state index contributed by atoms with van der Waals surface area (Å²) >= 11 is 0. The van der Waals surface area contributed by atoms with Crippen LogP contribution in [0.3, 0.4) is 0 Å². The molecular weight excluding hydrogens is 318 g/mol. The number of fused-ring (bicyclic) bond motifs is 1. The van der Waals surface area contributed by atoms with E-state index in [2.05, 4.69) is 29.5 Å². The Labute approximate surface area is 148 Å². The van der Waals surface area contributed by atoms with Crippen LogP contribution in [0.5, 0.6) is 0 Å². The maximum absolute atomic E-state index is 12.6. The molecule has 0 atom stereocenters. The lowest BCUT2D eigenvalue weighted by atomic mass is 9.97. The fourth-order valence-electron chi connectivity index (χ4n) is 3.61. The van der Waals surface area contributed by atoms with Crippen molar-refractivity contribution in [3.63, 3.8) is 0 Å². The molecule has 2 amide bonds. The first kappa shape index (κ1) is 16.6. The van der Waals surface area contributed by atoms with Crippen LogP contribution in [0.25, 0.3) is 0 Å². The van der Waals surface area contributed by atoms with Crippen LogP contribution in [0.1, 0.15) is 50.8 Å². The molecule has 25 heavy (non-hydrogen) atoms. The molecule has 0 unspecified atom stereocenters. The molecule has 3 heterocycles. The molecule has 7 nitrogen and oxygen atoms in total. The van der Waals surface area contributed by atoms with Crippen LogP contribution in [-0.2, 0) is 16.8 Å². The zero-order chi connectivity index (χ0) is 17.4. The van der Waals surface area contributed by atoms with Gasteiger partial charge in [-0.2, -0.15) is 0 Å². The Morgan fingerprint density at radius 2 is 2.08 bits per heavy atom. The number of carbonyl (C=O) groups is 1. The van der Waals surface area contributed by atoms with E-state index in [1.165, 1.54) is 12.8 Å². The first-order valence-electron chi connectivity index (χ1n) is 9.30. The highest BCUT2D eigenvalue weighted by Crippen LogP contribution is 2.38. The fraction of sp³-hybridized carbons (Fsp3) is 0.722. The highest BCUT2D eigenvalue weighted by atomic mass is 16.5. The van der Waals surface area contributed by atoms with Gasteiger partial charge in [0.2, 0.25) is 5.95 Å². The van der Waals surface area contributed by atoms with Crippen LogP contribution in [-0.4, -0.2) is 46.7 Å². The highest BCUT2D eigenvalue weighted by molar-refractivity contribution is 5.76. The predicted molar refractivity (Wildman–Crippen MR) is 94.2 cm³/mol. The lowest BCUT2D eigenvalue weighted by molar-refractivity contribution is 0.0903. The lowest BCUT2D eigenvalue weighted by Gasteiger charge is -2.32. The SMILES string of the molecule is CC1(C)c2cnc(NC3CCOCC3)nc2CN1C(=O)NCC1CC1. The number of amides is 2. The summed E-state index contributed by atoms with van der Waals surface area (Å²) in [6.45, 7) is 7.00. The highest BCUT2D eigenvalue weighted by Gasteiger charge is 2.42. The van der Waals surface area contributed by atoms with Crippen molar-refractivity contribution in [2.75, 3.05) is 25.1 Å². The number of ether oxygens (including phenoxy) is 1. The third kappa shape index (κ3) is 3.42. The number of urea groups is 1. The molecule has 1 aliphatic carbocycles. The van der Waals surface area contributed by atoms with Crippen LogP contribution in [0.2, 0.25) is 0 Å². The lowest BCUT2D eigenvalue weighted by Crippen LogP contribution is -2.46. The van der Waals surface area contributed by atoms with Gasteiger partial charge in [0, 0.05) is 37.6 Å². The first-order chi connectivity index (χ1) is 12.0. The van der Waals surface area contributed by atoms with Crippen molar-refractivity contribution in [1.82, 2.24) is 20.2 Å². The summed E-state index contributed by atoms with van der Waals surface area (Å²) in [4.78, 5) is 23.7. The summed E-state index contributed by atoms with van der Waals surface area (Å²) in [5, 5.41) is 6.48. The standard InChI is InChI=1S/C18H27N5O2/c1-18(2)14-10-19-16(21-13-5-7-25-8-6-13)22-15(14)11-23(18)17(24)20-9-12-3-4-12/h10,12-13H,3-9,11H2,1-2H3,(H,20,24)(H,19,21,22). The van der Waals surface area contributed by atoms with Gasteiger partial charge >= 0.3 is 6.03 Å². The van der Waals surface area contributed by atoms with Crippen LogP contribution in [0.4, 0.5) is 10.7 Å². The molecule has 7 heteroatoms. The summed E-state index contributed by atoms with van der Waals surface area (Å²) < 4.78 is 5.39. The number of carbonyl (C=O) groups excluding carboxylic acids is 1. The van der Waals surface area contributed by atoms with E-state index in [9.17, 15) is 4.79 Å². The molecule has 1 aromatic rings. The second kappa shape index (κ2) is 6.44. The Balaban J connectivity index is 1.46. The van der Waals surface area contributed by atoms with Crippen LogP contribution < -0.4 is 10.6 Å². The first-order valence-corrected chi connectivity index (χ1v) is 9.30. The van der Waals surface area contributed by atoms with Gasteiger partial charge in [-0.1, -0.05) is 0 Å². The Morgan fingerprint density at radius 3 is 2.80 bits per heavy atom. The van der Waals surface area contributed by atoms with Crippen molar-refractivity contribution in [2.24, 2.45) is 5.92 Å². The second-order valence-corrected chi connectivity index (χ2v) is 7.86. The molecule has 2 N–H and O–H groups in total. The molecule has 136 valence electrons. The number of rotatable bonds is 4. The number of hydrogen-bond acceptors (Lipinski definition) is 5. The summed E-state index contributed by atoms with van der Waals surface area (Å²) in [6.07, 6.45) is 6.29. The van der Waals surface area contributed by atoms with E-state index >= 15 is 0 Å². The molecule has 2 aliphatic heterocycles. The number of nitrogens with one attached hydrogen (secondary N) is 2. The zero-order valence-electron chi connectivity index (χ0n) is 15.0. The average molecular weight is 345 g/mol. The molecule has 0 aromatic carbocycles. The number of hydrogen-bond donors (Lipinski definition) is 2. The largest absolute Gasteiger partial charge is 0.381 e.